The van der Waals surface area contributed by atoms with Crippen LogP contribution in [0, 0.1) is 5.41 Å². The van der Waals surface area contributed by atoms with Crippen molar-refractivity contribution in [2.75, 3.05) is 13.1 Å². The lowest BCUT2D eigenvalue weighted by molar-refractivity contribution is -0.157. The molecule has 0 aromatic carbocycles. The van der Waals surface area contributed by atoms with Gasteiger partial charge in [-0.25, -0.2) is 9.48 Å². The first-order chi connectivity index (χ1) is 11.0. The summed E-state index contributed by atoms with van der Waals surface area (Å²) < 4.78 is 12.0. The van der Waals surface area contributed by atoms with E-state index in [1.165, 1.54) is 4.68 Å². The van der Waals surface area contributed by atoms with Gasteiger partial charge in [-0.15, -0.1) is 5.10 Å². The summed E-state index contributed by atoms with van der Waals surface area (Å²) in [5.41, 5.74) is -0.269. The number of nitrogens with zero attached hydrogens (tertiary/aromatic N) is 4. The maximum atomic E-state index is 11.9. The van der Waals surface area contributed by atoms with Gasteiger partial charge in [-0.2, -0.15) is 0 Å². The number of aromatic nitrogens is 3. The highest BCUT2D eigenvalue weighted by molar-refractivity contribution is 5.75. The summed E-state index contributed by atoms with van der Waals surface area (Å²) in [6, 6.07) is 0. The smallest absolute Gasteiger partial charge is 0.410 e. The molecule has 2 heterocycles. The Morgan fingerprint density at radius 3 is 2.38 bits per heavy atom. The number of hydrogen-bond acceptors (Lipinski definition) is 6. The molecule has 24 heavy (non-hydrogen) atoms. The van der Waals surface area contributed by atoms with E-state index in [1.807, 2.05) is 20.8 Å². The zero-order valence-corrected chi connectivity index (χ0v) is 15.2. The highest BCUT2D eigenvalue weighted by atomic mass is 16.6. The first kappa shape index (κ1) is 18.2. The van der Waals surface area contributed by atoms with E-state index < -0.39 is 11.0 Å². The van der Waals surface area contributed by atoms with Crippen LogP contribution in [-0.2, 0) is 21.0 Å². The topological polar surface area (TPSA) is 86.5 Å². The molecule has 1 fully saturated rings. The number of esters is 1. The summed E-state index contributed by atoms with van der Waals surface area (Å²) >= 11 is 0. The Kier molecular flexibility index (Phi) is 4.87. The van der Waals surface area contributed by atoms with Gasteiger partial charge in [0.25, 0.3) is 0 Å². The van der Waals surface area contributed by atoms with Crippen LogP contribution in [0.15, 0.2) is 6.20 Å². The lowest BCUT2D eigenvalue weighted by Gasteiger charge is -2.38. The van der Waals surface area contributed by atoms with E-state index in [0.29, 0.717) is 13.1 Å². The molecule has 1 amide bonds. The lowest BCUT2D eigenvalue weighted by atomic mass is 9.97. The van der Waals surface area contributed by atoms with Gasteiger partial charge in [-0.05, 0) is 41.5 Å². The third kappa shape index (κ3) is 4.69. The second-order valence-corrected chi connectivity index (χ2v) is 8.08. The summed E-state index contributed by atoms with van der Waals surface area (Å²) in [7, 11) is 0. The third-order valence-electron chi connectivity index (χ3n) is 3.45. The molecule has 2 rings (SSSR count). The van der Waals surface area contributed by atoms with Crippen LogP contribution in [-0.4, -0.2) is 50.6 Å². The van der Waals surface area contributed by atoms with Crippen molar-refractivity contribution in [2.45, 2.75) is 59.8 Å². The van der Waals surface area contributed by atoms with Crippen molar-refractivity contribution in [2.24, 2.45) is 5.41 Å². The fraction of sp³-hybridized carbons (Fsp3) is 0.750. The van der Waals surface area contributed by atoms with Crippen LogP contribution in [0.25, 0.3) is 0 Å². The average molecular weight is 338 g/mol. The van der Waals surface area contributed by atoms with Crippen molar-refractivity contribution < 1.29 is 19.1 Å². The monoisotopic (exact) mass is 338 g/mol. The van der Waals surface area contributed by atoms with Gasteiger partial charge in [0.05, 0.1) is 17.3 Å². The van der Waals surface area contributed by atoms with Gasteiger partial charge in [-0.1, -0.05) is 5.21 Å². The molecular weight excluding hydrogens is 312 g/mol. The number of carbonyl (C=O) groups is 2. The molecule has 1 saturated heterocycles. The summed E-state index contributed by atoms with van der Waals surface area (Å²) in [6.45, 7) is 12.0. The minimum absolute atomic E-state index is 0.0333. The SMILES string of the molecule is CC(C)(C)OC(=O)N1CC(c2cn(COC(=O)C(C)(C)C)nn2)C1. The van der Waals surface area contributed by atoms with Crippen molar-refractivity contribution in [1.82, 2.24) is 19.9 Å². The molecule has 0 spiro atoms. The van der Waals surface area contributed by atoms with Gasteiger partial charge in [0.2, 0.25) is 0 Å². The van der Waals surface area contributed by atoms with Crippen LogP contribution in [0.3, 0.4) is 0 Å². The highest BCUT2D eigenvalue weighted by Gasteiger charge is 2.36. The minimum atomic E-state index is -0.550. The van der Waals surface area contributed by atoms with Gasteiger partial charge in [0.15, 0.2) is 6.73 Å². The number of amides is 1. The predicted octanol–water partition coefficient (Wildman–Crippen LogP) is 2.16. The summed E-state index contributed by atoms with van der Waals surface area (Å²) in [4.78, 5) is 25.3. The van der Waals surface area contributed by atoms with Gasteiger partial charge >= 0.3 is 12.1 Å². The predicted molar refractivity (Wildman–Crippen MR) is 86.1 cm³/mol. The molecule has 0 aliphatic carbocycles. The Hall–Kier alpha value is -2.12. The quantitative estimate of drug-likeness (QED) is 0.785. The minimum Gasteiger partial charge on any atom is -0.444 e. The molecule has 0 saturated carbocycles. The molecule has 0 unspecified atom stereocenters. The third-order valence-corrected chi connectivity index (χ3v) is 3.45. The van der Waals surface area contributed by atoms with E-state index in [2.05, 4.69) is 10.3 Å². The Balaban J connectivity index is 1.81. The van der Waals surface area contributed by atoms with E-state index in [9.17, 15) is 9.59 Å². The molecule has 0 bridgehead atoms. The van der Waals surface area contributed by atoms with E-state index in [0.717, 1.165) is 5.69 Å². The zero-order valence-electron chi connectivity index (χ0n) is 15.2. The molecule has 0 radical (unpaired) electrons. The van der Waals surface area contributed by atoms with Gasteiger partial charge in [0, 0.05) is 19.0 Å². The molecule has 0 atom stereocenters. The normalized spacial score (nSPS) is 15.8. The molecule has 1 aliphatic rings. The Bertz CT molecular complexity index is 606. The van der Waals surface area contributed by atoms with Crippen LogP contribution >= 0.6 is 0 Å². The van der Waals surface area contributed by atoms with E-state index in [-0.39, 0.29) is 24.7 Å². The van der Waals surface area contributed by atoms with E-state index in [1.54, 1.807) is 31.9 Å². The first-order valence-electron chi connectivity index (χ1n) is 8.01. The maximum absolute atomic E-state index is 11.9. The van der Waals surface area contributed by atoms with Crippen molar-refractivity contribution in [3.05, 3.63) is 11.9 Å². The second-order valence-electron chi connectivity index (χ2n) is 8.08. The molecule has 0 N–H and O–H groups in total. The number of ether oxygens (including phenoxy) is 2. The summed E-state index contributed by atoms with van der Waals surface area (Å²) in [5, 5.41) is 8.05. The molecule has 134 valence electrons. The van der Waals surface area contributed by atoms with Crippen molar-refractivity contribution in [3.8, 4) is 0 Å². The summed E-state index contributed by atoms with van der Waals surface area (Å²) in [5.74, 6) is -0.163. The van der Waals surface area contributed by atoms with Gasteiger partial charge in [0.1, 0.15) is 5.60 Å². The van der Waals surface area contributed by atoms with Crippen LogP contribution < -0.4 is 0 Å². The van der Waals surface area contributed by atoms with Crippen LogP contribution in [0.2, 0.25) is 0 Å². The molecular formula is C16H26N4O4. The second kappa shape index (κ2) is 6.41. The standard InChI is InChI=1S/C16H26N4O4/c1-15(2,3)13(21)23-10-20-9-12(17-18-20)11-7-19(8-11)14(22)24-16(4,5)6/h9,11H,7-8,10H2,1-6H3. The highest BCUT2D eigenvalue weighted by Crippen LogP contribution is 2.27. The fourth-order valence-corrected chi connectivity index (χ4v) is 2.05. The zero-order chi connectivity index (χ0) is 18.1. The van der Waals surface area contributed by atoms with Crippen molar-refractivity contribution >= 4 is 12.1 Å². The van der Waals surface area contributed by atoms with E-state index >= 15 is 0 Å². The fourth-order valence-electron chi connectivity index (χ4n) is 2.05. The Morgan fingerprint density at radius 1 is 1.21 bits per heavy atom. The van der Waals surface area contributed by atoms with Crippen LogP contribution in [0.1, 0.15) is 53.2 Å². The van der Waals surface area contributed by atoms with Gasteiger partial charge in [-0.3, -0.25) is 4.79 Å². The maximum Gasteiger partial charge on any atom is 0.410 e. The van der Waals surface area contributed by atoms with Crippen molar-refractivity contribution in [3.63, 3.8) is 0 Å². The first-order valence-corrected chi connectivity index (χ1v) is 8.01. The van der Waals surface area contributed by atoms with Gasteiger partial charge < -0.3 is 14.4 Å². The van der Waals surface area contributed by atoms with Crippen LogP contribution in [0.4, 0.5) is 4.79 Å². The molecule has 8 heteroatoms. The summed E-state index contributed by atoms with van der Waals surface area (Å²) in [6.07, 6.45) is 1.43. The lowest BCUT2D eigenvalue weighted by Crippen LogP contribution is -2.50. The molecule has 1 aromatic heterocycles. The largest absolute Gasteiger partial charge is 0.444 e. The Labute approximate surface area is 142 Å². The van der Waals surface area contributed by atoms with Crippen LogP contribution in [0.5, 0.6) is 0 Å². The Morgan fingerprint density at radius 2 is 1.83 bits per heavy atom. The number of likely N-dealkylation sites (tertiary alicyclic amines) is 1. The number of carbonyl (C=O) groups excluding carboxylic acids is 2. The molecule has 1 aliphatic heterocycles. The average Bonchev–Trinajstić information content (AvgIpc) is 2.79. The number of rotatable bonds is 3. The molecule has 1 aromatic rings. The molecule has 8 nitrogen and oxygen atoms in total. The number of hydrogen-bond donors (Lipinski definition) is 0. The van der Waals surface area contributed by atoms with Crippen molar-refractivity contribution in [1.29, 1.82) is 0 Å². The van der Waals surface area contributed by atoms with E-state index in [4.69, 9.17) is 9.47 Å².